The first kappa shape index (κ1) is 20.4. The lowest BCUT2D eigenvalue weighted by Gasteiger charge is -2.28. The van der Waals surface area contributed by atoms with Gasteiger partial charge in [-0.1, -0.05) is 39.8 Å². The Kier molecular flexibility index (Phi) is 6.06. The van der Waals surface area contributed by atoms with E-state index >= 15 is 0 Å². The molecule has 2 aromatic rings. The molecule has 142 valence electrons. The largest absolute Gasteiger partial charge is 0.353 e. The zero-order valence-electron chi connectivity index (χ0n) is 16.7. The predicted octanol–water partition coefficient (Wildman–Crippen LogP) is 4.32. The minimum atomic E-state index is -3.18. The highest BCUT2D eigenvalue weighted by Crippen LogP contribution is 2.28. The summed E-state index contributed by atoms with van der Waals surface area (Å²) in [5.41, 5.74) is 2.07. The third kappa shape index (κ3) is 4.61. The molecule has 0 N–H and O–H groups in total. The van der Waals surface area contributed by atoms with Crippen LogP contribution >= 0.6 is 0 Å². The van der Waals surface area contributed by atoms with Gasteiger partial charge in [0.15, 0.2) is 9.84 Å². The lowest BCUT2D eigenvalue weighted by atomic mass is 10.1. The van der Waals surface area contributed by atoms with Gasteiger partial charge in [0.25, 0.3) is 0 Å². The van der Waals surface area contributed by atoms with E-state index in [9.17, 15) is 8.42 Å². The average molecular weight is 376 g/mol. The van der Waals surface area contributed by atoms with Crippen LogP contribution in [-0.4, -0.2) is 31.7 Å². The van der Waals surface area contributed by atoms with Crippen LogP contribution in [0.1, 0.15) is 69.6 Å². The van der Waals surface area contributed by atoms with Crippen molar-refractivity contribution in [1.29, 1.82) is 0 Å². The molecule has 2 rings (SSSR count). The van der Waals surface area contributed by atoms with E-state index in [1.807, 2.05) is 25.2 Å². The summed E-state index contributed by atoms with van der Waals surface area (Å²) in [5, 5.41) is 0. The standard InChI is InChI=1S/C20H29N3O2S/c1-13(2)18-12-19(22-20(21-18)14(3)4)23(6)15(5)16-8-10-17(11-9-16)26(7,24)25/h8-15H,1-7H3. The highest BCUT2D eigenvalue weighted by atomic mass is 32.2. The van der Waals surface area contributed by atoms with E-state index in [1.165, 1.54) is 6.26 Å². The molecule has 5 nitrogen and oxygen atoms in total. The molecule has 1 heterocycles. The molecule has 1 atom stereocenters. The first-order valence-corrected chi connectivity index (χ1v) is 10.8. The number of sulfone groups is 1. The van der Waals surface area contributed by atoms with Crippen LogP contribution in [0.4, 0.5) is 5.82 Å². The fourth-order valence-electron chi connectivity index (χ4n) is 2.62. The van der Waals surface area contributed by atoms with Gasteiger partial charge in [-0.05, 0) is 30.5 Å². The normalized spacial score (nSPS) is 13.3. The molecular weight excluding hydrogens is 346 g/mol. The molecule has 1 unspecified atom stereocenters. The number of benzene rings is 1. The number of rotatable bonds is 6. The number of anilines is 1. The molecule has 0 aliphatic rings. The molecule has 1 aromatic heterocycles. The first-order valence-electron chi connectivity index (χ1n) is 8.92. The van der Waals surface area contributed by atoms with E-state index in [0.29, 0.717) is 10.8 Å². The van der Waals surface area contributed by atoms with Crippen molar-refractivity contribution < 1.29 is 8.42 Å². The van der Waals surface area contributed by atoms with E-state index in [1.54, 1.807) is 12.1 Å². The molecule has 1 aromatic carbocycles. The van der Waals surface area contributed by atoms with E-state index in [0.717, 1.165) is 22.9 Å². The van der Waals surface area contributed by atoms with Gasteiger partial charge in [0.1, 0.15) is 11.6 Å². The molecule has 0 saturated carbocycles. The van der Waals surface area contributed by atoms with Crippen molar-refractivity contribution in [2.75, 3.05) is 18.2 Å². The molecular formula is C20H29N3O2S. The summed E-state index contributed by atoms with van der Waals surface area (Å²) in [7, 11) is -1.18. The minimum absolute atomic E-state index is 0.0542. The molecule has 0 aliphatic carbocycles. The predicted molar refractivity (Wildman–Crippen MR) is 107 cm³/mol. The lowest BCUT2D eigenvalue weighted by molar-refractivity contribution is 0.601. The van der Waals surface area contributed by atoms with Gasteiger partial charge in [0.05, 0.1) is 10.9 Å². The summed E-state index contributed by atoms with van der Waals surface area (Å²) in [4.78, 5) is 11.9. The van der Waals surface area contributed by atoms with Gasteiger partial charge in [-0.2, -0.15) is 0 Å². The molecule has 0 aliphatic heterocycles. The van der Waals surface area contributed by atoms with Crippen LogP contribution in [0.15, 0.2) is 35.2 Å². The van der Waals surface area contributed by atoms with Crippen molar-refractivity contribution in [2.45, 2.75) is 57.4 Å². The van der Waals surface area contributed by atoms with E-state index in [4.69, 9.17) is 4.98 Å². The molecule has 0 saturated heterocycles. The van der Waals surface area contributed by atoms with Crippen LogP contribution in [0.25, 0.3) is 0 Å². The lowest BCUT2D eigenvalue weighted by Crippen LogP contribution is -2.24. The number of hydrogen-bond acceptors (Lipinski definition) is 5. The van der Waals surface area contributed by atoms with Gasteiger partial charge >= 0.3 is 0 Å². The Morgan fingerprint density at radius 2 is 1.50 bits per heavy atom. The SMILES string of the molecule is CC(C)c1cc(N(C)C(C)c2ccc(S(C)(=O)=O)cc2)nc(C(C)C)n1. The summed E-state index contributed by atoms with van der Waals surface area (Å²) < 4.78 is 23.3. The monoisotopic (exact) mass is 375 g/mol. The molecule has 0 amide bonds. The number of nitrogens with zero attached hydrogens (tertiary/aromatic N) is 3. The zero-order valence-corrected chi connectivity index (χ0v) is 17.5. The quantitative estimate of drug-likeness (QED) is 0.752. The third-order valence-electron chi connectivity index (χ3n) is 4.59. The van der Waals surface area contributed by atoms with Gasteiger partial charge in [-0.3, -0.25) is 0 Å². The van der Waals surface area contributed by atoms with Crippen molar-refractivity contribution >= 4 is 15.7 Å². The maximum atomic E-state index is 11.6. The summed E-state index contributed by atoms with van der Waals surface area (Å²) in [6.45, 7) is 10.5. The molecule has 0 fully saturated rings. The van der Waals surface area contributed by atoms with Crippen molar-refractivity contribution in [2.24, 2.45) is 0 Å². The first-order chi connectivity index (χ1) is 12.0. The van der Waals surface area contributed by atoms with Crippen LogP contribution in [0, 0.1) is 0 Å². The average Bonchev–Trinajstić information content (AvgIpc) is 2.59. The van der Waals surface area contributed by atoms with Crippen LogP contribution in [0.5, 0.6) is 0 Å². The fraction of sp³-hybridized carbons (Fsp3) is 0.500. The number of aromatic nitrogens is 2. The summed E-state index contributed by atoms with van der Waals surface area (Å²) in [6.07, 6.45) is 1.22. The van der Waals surface area contributed by atoms with Crippen molar-refractivity contribution in [3.63, 3.8) is 0 Å². The fourth-order valence-corrected chi connectivity index (χ4v) is 3.25. The molecule has 0 radical (unpaired) electrons. The highest BCUT2D eigenvalue weighted by Gasteiger charge is 2.18. The Morgan fingerprint density at radius 3 is 1.96 bits per heavy atom. The number of hydrogen-bond donors (Lipinski definition) is 0. The van der Waals surface area contributed by atoms with E-state index < -0.39 is 9.84 Å². The van der Waals surface area contributed by atoms with Gasteiger partial charge in [-0.25, -0.2) is 18.4 Å². The summed E-state index contributed by atoms with van der Waals surface area (Å²) in [6, 6.07) is 9.15. The van der Waals surface area contributed by atoms with Gasteiger partial charge in [0.2, 0.25) is 0 Å². The Labute approximate surface area is 157 Å². The highest BCUT2D eigenvalue weighted by molar-refractivity contribution is 7.90. The second-order valence-corrected chi connectivity index (χ2v) is 9.46. The van der Waals surface area contributed by atoms with Crippen molar-refractivity contribution in [3.8, 4) is 0 Å². The van der Waals surface area contributed by atoms with Gasteiger partial charge in [-0.15, -0.1) is 0 Å². The smallest absolute Gasteiger partial charge is 0.175 e. The molecule has 0 spiro atoms. The van der Waals surface area contributed by atoms with Gasteiger partial charge in [0, 0.05) is 31.0 Å². The van der Waals surface area contributed by atoms with Crippen molar-refractivity contribution in [3.05, 3.63) is 47.4 Å². The second-order valence-electron chi connectivity index (χ2n) is 7.45. The molecule has 26 heavy (non-hydrogen) atoms. The maximum Gasteiger partial charge on any atom is 0.175 e. The van der Waals surface area contributed by atoms with Crippen LogP contribution in [-0.2, 0) is 9.84 Å². The molecule has 6 heteroatoms. The van der Waals surface area contributed by atoms with Crippen LogP contribution < -0.4 is 4.90 Å². The maximum absolute atomic E-state index is 11.6. The third-order valence-corrected chi connectivity index (χ3v) is 5.72. The minimum Gasteiger partial charge on any atom is -0.353 e. The summed E-state index contributed by atoms with van der Waals surface area (Å²) in [5.74, 6) is 2.31. The molecule has 0 bridgehead atoms. The zero-order chi connectivity index (χ0) is 19.6. The van der Waals surface area contributed by atoms with Crippen molar-refractivity contribution in [1.82, 2.24) is 9.97 Å². The second kappa shape index (κ2) is 7.74. The van der Waals surface area contributed by atoms with Crippen LogP contribution in [0.2, 0.25) is 0 Å². The Bertz CT molecular complexity index is 833. The van der Waals surface area contributed by atoms with E-state index in [2.05, 4.69) is 44.5 Å². The Morgan fingerprint density at radius 1 is 0.923 bits per heavy atom. The summed E-state index contributed by atoms with van der Waals surface area (Å²) >= 11 is 0. The van der Waals surface area contributed by atoms with Gasteiger partial charge < -0.3 is 4.90 Å². The Balaban J connectivity index is 2.36. The van der Waals surface area contributed by atoms with E-state index in [-0.39, 0.29) is 12.0 Å². The topological polar surface area (TPSA) is 63.2 Å². The van der Waals surface area contributed by atoms with Crippen LogP contribution in [0.3, 0.4) is 0 Å². The Hall–Kier alpha value is -1.95.